The fourth-order valence-corrected chi connectivity index (χ4v) is 3.58. The number of nitriles is 1. The highest BCUT2D eigenvalue weighted by Crippen LogP contribution is 2.35. The number of aromatic nitrogens is 4. The SMILES string of the molecule is C[C@H](Oc1ccc(C#N)c(Cl)c1C(=O)N1Cc2cn(-c3ccn(C)n3)nc2C1)C(F)(F)F. The van der Waals surface area contributed by atoms with Gasteiger partial charge in [0.05, 0.1) is 22.8 Å². The number of alkyl halides is 3. The molecule has 0 N–H and O–H groups in total. The molecule has 1 aliphatic heterocycles. The summed E-state index contributed by atoms with van der Waals surface area (Å²) in [6, 6.07) is 5.97. The second-order valence-electron chi connectivity index (χ2n) is 7.27. The number of rotatable bonds is 4. The molecule has 166 valence electrons. The zero-order chi connectivity index (χ0) is 23.2. The zero-order valence-electron chi connectivity index (χ0n) is 16.9. The molecule has 3 heterocycles. The quantitative estimate of drug-likeness (QED) is 0.588. The molecular weight excluding hydrogens is 449 g/mol. The van der Waals surface area contributed by atoms with E-state index in [2.05, 4.69) is 10.2 Å². The predicted octanol–water partition coefficient (Wildman–Crippen LogP) is 3.62. The number of nitrogens with zero attached hydrogens (tertiary/aromatic N) is 6. The fraction of sp³-hybridized carbons (Fsp3) is 0.300. The van der Waals surface area contributed by atoms with Crippen LogP contribution in [0.5, 0.6) is 5.75 Å². The first-order valence-electron chi connectivity index (χ1n) is 9.41. The van der Waals surface area contributed by atoms with E-state index in [9.17, 15) is 23.2 Å². The molecule has 1 aliphatic rings. The summed E-state index contributed by atoms with van der Waals surface area (Å²) < 4.78 is 47.3. The van der Waals surface area contributed by atoms with Crippen molar-refractivity contribution in [3.63, 3.8) is 0 Å². The summed E-state index contributed by atoms with van der Waals surface area (Å²) in [5.41, 5.74) is 1.06. The molecule has 3 aromatic rings. The minimum atomic E-state index is -4.64. The van der Waals surface area contributed by atoms with E-state index in [4.69, 9.17) is 16.3 Å². The molecule has 0 aliphatic carbocycles. The van der Waals surface area contributed by atoms with E-state index in [0.717, 1.165) is 18.6 Å². The van der Waals surface area contributed by atoms with Gasteiger partial charge in [0.1, 0.15) is 17.4 Å². The van der Waals surface area contributed by atoms with Crippen LogP contribution < -0.4 is 4.74 Å². The summed E-state index contributed by atoms with van der Waals surface area (Å²) in [6.45, 7) is 1.12. The molecule has 0 spiro atoms. The Balaban J connectivity index is 1.62. The van der Waals surface area contributed by atoms with Crippen LogP contribution in [0.1, 0.15) is 34.1 Å². The summed E-state index contributed by atoms with van der Waals surface area (Å²) in [6.07, 6.45) is -3.30. The van der Waals surface area contributed by atoms with Crippen LogP contribution in [0.25, 0.3) is 5.82 Å². The lowest BCUT2D eigenvalue weighted by Gasteiger charge is -2.23. The molecule has 8 nitrogen and oxygen atoms in total. The van der Waals surface area contributed by atoms with Crippen molar-refractivity contribution >= 4 is 17.5 Å². The van der Waals surface area contributed by atoms with Gasteiger partial charge in [0.25, 0.3) is 5.91 Å². The van der Waals surface area contributed by atoms with Crippen LogP contribution in [-0.4, -0.2) is 42.6 Å². The molecule has 32 heavy (non-hydrogen) atoms. The van der Waals surface area contributed by atoms with E-state index >= 15 is 0 Å². The highest BCUT2D eigenvalue weighted by atomic mass is 35.5. The normalized spacial score (nSPS) is 14.2. The minimum absolute atomic E-state index is 0.0423. The number of carbonyl (C=O) groups excluding carboxylic acids is 1. The smallest absolute Gasteiger partial charge is 0.425 e. The summed E-state index contributed by atoms with van der Waals surface area (Å²) in [7, 11) is 1.78. The van der Waals surface area contributed by atoms with Crippen molar-refractivity contribution < 1.29 is 22.7 Å². The van der Waals surface area contributed by atoms with Crippen LogP contribution >= 0.6 is 11.6 Å². The maximum Gasteiger partial charge on any atom is 0.425 e. The van der Waals surface area contributed by atoms with Crippen LogP contribution in [0.15, 0.2) is 30.6 Å². The largest absolute Gasteiger partial charge is 0.480 e. The van der Waals surface area contributed by atoms with Gasteiger partial charge in [-0.05, 0) is 19.1 Å². The minimum Gasteiger partial charge on any atom is -0.480 e. The molecule has 0 bridgehead atoms. The van der Waals surface area contributed by atoms with Gasteiger partial charge in [0.15, 0.2) is 11.9 Å². The Kier molecular flexibility index (Phi) is 5.34. The number of hydrogen-bond acceptors (Lipinski definition) is 5. The molecule has 12 heteroatoms. The van der Waals surface area contributed by atoms with Crippen molar-refractivity contribution in [3.8, 4) is 17.6 Å². The van der Waals surface area contributed by atoms with Crippen LogP contribution in [0, 0.1) is 11.3 Å². The molecule has 0 saturated heterocycles. The van der Waals surface area contributed by atoms with Gasteiger partial charge in [0.2, 0.25) is 0 Å². The number of ether oxygens (including phenoxy) is 1. The van der Waals surface area contributed by atoms with Gasteiger partial charge in [-0.2, -0.15) is 28.6 Å². The Labute approximate surface area is 185 Å². The Morgan fingerprint density at radius 2 is 2.03 bits per heavy atom. The molecule has 0 radical (unpaired) electrons. The summed E-state index contributed by atoms with van der Waals surface area (Å²) in [4.78, 5) is 14.6. The molecule has 1 atom stereocenters. The predicted molar refractivity (Wildman–Crippen MR) is 106 cm³/mol. The van der Waals surface area contributed by atoms with Crippen molar-refractivity contribution in [2.24, 2.45) is 7.05 Å². The molecule has 0 unspecified atom stereocenters. The first kappa shape index (κ1) is 21.7. The average molecular weight is 465 g/mol. The van der Waals surface area contributed by atoms with Crippen molar-refractivity contribution in [2.75, 3.05) is 0 Å². The molecule has 1 aromatic carbocycles. The maximum atomic E-state index is 13.2. The van der Waals surface area contributed by atoms with Crippen LogP contribution in [-0.2, 0) is 20.1 Å². The number of carbonyl (C=O) groups is 1. The van der Waals surface area contributed by atoms with Gasteiger partial charge in [0, 0.05) is 37.6 Å². The third-order valence-electron chi connectivity index (χ3n) is 5.00. The average Bonchev–Trinajstić information content (AvgIpc) is 3.41. The van der Waals surface area contributed by atoms with Crippen LogP contribution in [0.2, 0.25) is 5.02 Å². The van der Waals surface area contributed by atoms with Gasteiger partial charge in [-0.1, -0.05) is 11.6 Å². The van der Waals surface area contributed by atoms with Crippen LogP contribution in [0.3, 0.4) is 0 Å². The van der Waals surface area contributed by atoms with Gasteiger partial charge in [-0.15, -0.1) is 0 Å². The number of hydrogen-bond donors (Lipinski definition) is 0. The standard InChI is InChI=1S/C20H16ClF3N6O2/c1-11(20(22,23)24)32-15-4-3-12(7-25)18(21)17(15)19(31)29-8-13-9-30(26-14(13)10-29)16-5-6-28(2)27-16/h3-6,9,11H,8,10H2,1-2H3/t11-/m0/s1. The number of fused-ring (bicyclic) bond motifs is 1. The second kappa shape index (κ2) is 7.87. The van der Waals surface area contributed by atoms with Crippen molar-refractivity contribution in [1.29, 1.82) is 5.26 Å². The zero-order valence-corrected chi connectivity index (χ0v) is 17.6. The lowest BCUT2D eigenvalue weighted by molar-refractivity contribution is -0.189. The first-order valence-corrected chi connectivity index (χ1v) is 9.79. The number of benzene rings is 1. The lowest BCUT2D eigenvalue weighted by Crippen LogP contribution is -2.33. The van der Waals surface area contributed by atoms with Gasteiger partial charge in [-0.3, -0.25) is 9.48 Å². The molecule has 4 rings (SSSR count). The van der Waals surface area contributed by atoms with Gasteiger partial charge >= 0.3 is 6.18 Å². The lowest BCUT2D eigenvalue weighted by atomic mass is 10.1. The number of halogens is 4. The van der Waals surface area contributed by atoms with E-state index in [1.165, 1.54) is 11.0 Å². The monoisotopic (exact) mass is 464 g/mol. The van der Waals surface area contributed by atoms with E-state index < -0.39 is 18.2 Å². The molecule has 1 amide bonds. The van der Waals surface area contributed by atoms with Crippen molar-refractivity contribution in [1.82, 2.24) is 24.5 Å². The Hall–Kier alpha value is -3.52. The van der Waals surface area contributed by atoms with E-state index in [0.29, 0.717) is 11.5 Å². The van der Waals surface area contributed by atoms with Gasteiger partial charge in [-0.25, -0.2) is 4.68 Å². The molecule has 0 fully saturated rings. The Morgan fingerprint density at radius 1 is 1.28 bits per heavy atom. The number of amides is 1. The third-order valence-corrected chi connectivity index (χ3v) is 5.40. The van der Waals surface area contributed by atoms with E-state index in [-0.39, 0.29) is 35.0 Å². The van der Waals surface area contributed by atoms with E-state index in [1.807, 2.05) is 6.07 Å². The third kappa shape index (κ3) is 3.89. The summed E-state index contributed by atoms with van der Waals surface area (Å²) in [5.74, 6) is -0.382. The second-order valence-corrected chi connectivity index (χ2v) is 7.65. The maximum absolute atomic E-state index is 13.2. The van der Waals surface area contributed by atoms with Gasteiger partial charge < -0.3 is 9.64 Å². The highest BCUT2D eigenvalue weighted by molar-refractivity contribution is 6.35. The summed E-state index contributed by atoms with van der Waals surface area (Å²) in [5, 5.41) is 17.7. The first-order chi connectivity index (χ1) is 15.1. The topological polar surface area (TPSA) is 89.0 Å². The molecular formula is C20H16ClF3N6O2. The highest BCUT2D eigenvalue weighted by Gasteiger charge is 2.39. The summed E-state index contributed by atoms with van der Waals surface area (Å²) >= 11 is 6.22. The van der Waals surface area contributed by atoms with Crippen molar-refractivity contribution in [3.05, 3.63) is 58.0 Å². The van der Waals surface area contributed by atoms with E-state index in [1.54, 1.807) is 34.9 Å². The van der Waals surface area contributed by atoms with Crippen molar-refractivity contribution in [2.45, 2.75) is 32.3 Å². The molecule has 0 saturated carbocycles. The fourth-order valence-electron chi connectivity index (χ4n) is 3.30. The van der Waals surface area contributed by atoms with Crippen LogP contribution in [0.4, 0.5) is 13.2 Å². The Bertz CT molecular complexity index is 1220. The molecule has 2 aromatic heterocycles. The Morgan fingerprint density at radius 3 is 2.62 bits per heavy atom. The number of aryl methyl sites for hydroxylation is 1.